The number of aromatic nitrogens is 2. The van der Waals surface area contributed by atoms with Crippen LogP contribution in [-0.4, -0.2) is 10.1 Å². The maximum atomic E-state index is 13.3. The van der Waals surface area contributed by atoms with Gasteiger partial charge in [0.15, 0.2) is 5.82 Å². The normalized spacial score (nSPS) is 16.8. The van der Waals surface area contributed by atoms with Crippen molar-refractivity contribution >= 4 is 15.9 Å². The van der Waals surface area contributed by atoms with Gasteiger partial charge in [-0.15, -0.1) is 0 Å². The molecule has 1 unspecified atom stereocenters. The quantitative estimate of drug-likeness (QED) is 0.946. The van der Waals surface area contributed by atoms with E-state index in [1.165, 1.54) is 12.1 Å². The van der Waals surface area contributed by atoms with Crippen LogP contribution in [0.15, 0.2) is 27.2 Å². The lowest BCUT2D eigenvalue weighted by molar-refractivity contribution is 0.411. The van der Waals surface area contributed by atoms with E-state index in [1.807, 2.05) is 0 Å². The third-order valence-corrected chi connectivity index (χ3v) is 3.44. The Kier molecular flexibility index (Phi) is 2.91. The van der Waals surface area contributed by atoms with E-state index in [-0.39, 0.29) is 11.9 Å². The van der Waals surface area contributed by atoms with Gasteiger partial charge in [-0.25, -0.2) is 4.39 Å². The summed E-state index contributed by atoms with van der Waals surface area (Å²) in [7, 11) is 0. The summed E-state index contributed by atoms with van der Waals surface area (Å²) >= 11 is 3.22. The van der Waals surface area contributed by atoms with Crippen molar-refractivity contribution in [1.82, 2.24) is 10.1 Å². The lowest BCUT2D eigenvalue weighted by atomic mass is 10.2. The van der Waals surface area contributed by atoms with Crippen LogP contribution in [0.2, 0.25) is 0 Å². The van der Waals surface area contributed by atoms with Gasteiger partial charge in [0, 0.05) is 10.0 Å². The number of hydrogen-bond donors (Lipinski definition) is 1. The van der Waals surface area contributed by atoms with Gasteiger partial charge in [0.05, 0.1) is 6.04 Å². The molecule has 0 saturated heterocycles. The number of nitrogens with two attached hydrogens (primary N) is 1. The lowest BCUT2D eigenvalue weighted by Crippen LogP contribution is -2.13. The van der Waals surface area contributed by atoms with Gasteiger partial charge < -0.3 is 10.3 Å². The van der Waals surface area contributed by atoms with Gasteiger partial charge in [-0.2, -0.15) is 4.98 Å². The van der Waals surface area contributed by atoms with E-state index in [0.717, 1.165) is 12.8 Å². The van der Waals surface area contributed by atoms with Crippen LogP contribution in [0.5, 0.6) is 0 Å². The van der Waals surface area contributed by atoms with E-state index < -0.39 is 0 Å². The van der Waals surface area contributed by atoms with Crippen molar-refractivity contribution in [2.24, 2.45) is 11.7 Å². The van der Waals surface area contributed by atoms with Crippen LogP contribution in [0, 0.1) is 11.7 Å². The zero-order chi connectivity index (χ0) is 12.7. The maximum absolute atomic E-state index is 13.3. The third-order valence-electron chi connectivity index (χ3n) is 2.98. The molecule has 1 aromatic heterocycles. The minimum atomic E-state index is -0.356. The van der Waals surface area contributed by atoms with Gasteiger partial charge in [0.25, 0.3) is 5.89 Å². The molecular formula is C12H11BrFN3O. The van der Waals surface area contributed by atoms with E-state index >= 15 is 0 Å². The van der Waals surface area contributed by atoms with E-state index in [1.54, 1.807) is 6.07 Å². The average molecular weight is 312 g/mol. The van der Waals surface area contributed by atoms with Crippen molar-refractivity contribution in [3.05, 3.63) is 34.3 Å². The third kappa shape index (κ3) is 2.30. The summed E-state index contributed by atoms with van der Waals surface area (Å²) in [5, 5.41) is 3.86. The molecule has 0 amide bonds. The summed E-state index contributed by atoms with van der Waals surface area (Å²) in [5.41, 5.74) is 6.53. The number of halogens is 2. The summed E-state index contributed by atoms with van der Waals surface area (Å²) in [6, 6.07) is 4.27. The molecule has 1 atom stereocenters. The summed E-state index contributed by atoms with van der Waals surface area (Å²) in [6.07, 6.45) is 2.22. The van der Waals surface area contributed by atoms with Crippen LogP contribution in [0.25, 0.3) is 11.5 Å². The smallest absolute Gasteiger partial charge is 0.258 e. The van der Waals surface area contributed by atoms with Gasteiger partial charge in [0.2, 0.25) is 0 Å². The molecule has 18 heavy (non-hydrogen) atoms. The first-order chi connectivity index (χ1) is 8.63. The minimum Gasteiger partial charge on any atom is -0.334 e. The van der Waals surface area contributed by atoms with Gasteiger partial charge >= 0.3 is 0 Å². The first-order valence-electron chi connectivity index (χ1n) is 5.69. The minimum absolute atomic E-state index is 0.181. The van der Waals surface area contributed by atoms with E-state index in [4.69, 9.17) is 10.3 Å². The zero-order valence-corrected chi connectivity index (χ0v) is 11.0. The molecule has 0 radical (unpaired) electrons. The molecule has 94 valence electrons. The summed E-state index contributed by atoms with van der Waals surface area (Å²) in [4.78, 5) is 4.23. The molecule has 0 bridgehead atoms. The molecule has 1 aliphatic rings. The van der Waals surface area contributed by atoms with Crippen molar-refractivity contribution in [2.75, 3.05) is 0 Å². The van der Waals surface area contributed by atoms with Crippen molar-refractivity contribution < 1.29 is 8.91 Å². The molecule has 2 N–H and O–H groups in total. The van der Waals surface area contributed by atoms with Crippen molar-refractivity contribution in [3.8, 4) is 11.5 Å². The Labute approximate surface area is 112 Å². The van der Waals surface area contributed by atoms with Crippen LogP contribution < -0.4 is 5.73 Å². The molecule has 0 spiro atoms. The second-order valence-corrected chi connectivity index (χ2v) is 5.39. The van der Waals surface area contributed by atoms with Crippen LogP contribution in [-0.2, 0) is 0 Å². The first kappa shape index (κ1) is 11.8. The Balaban J connectivity index is 1.92. The van der Waals surface area contributed by atoms with E-state index in [9.17, 15) is 4.39 Å². The van der Waals surface area contributed by atoms with Crippen molar-refractivity contribution in [2.45, 2.75) is 18.9 Å². The van der Waals surface area contributed by atoms with Gasteiger partial charge in [-0.3, -0.25) is 0 Å². The second kappa shape index (κ2) is 4.44. The predicted molar refractivity (Wildman–Crippen MR) is 67.0 cm³/mol. The number of nitrogens with zero attached hydrogens (tertiary/aromatic N) is 2. The Bertz CT molecular complexity index is 562. The monoisotopic (exact) mass is 311 g/mol. The predicted octanol–water partition coefficient (Wildman–Crippen LogP) is 3.05. The number of benzene rings is 1. The Morgan fingerprint density at radius 3 is 2.83 bits per heavy atom. The SMILES string of the molecule is NC(c1noc(-c2cc(F)cc(Br)c2)n1)C1CC1. The van der Waals surface area contributed by atoms with Gasteiger partial charge in [0.1, 0.15) is 5.82 Å². The fourth-order valence-corrected chi connectivity index (χ4v) is 2.30. The molecular weight excluding hydrogens is 301 g/mol. The fourth-order valence-electron chi connectivity index (χ4n) is 1.83. The molecule has 1 aliphatic carbocycles. The van der Waals surface area contributed by atoms with E-state index in [0.29, 0.717) is 27.7 Å². The number of hydrogen-bond acceptors (Lipinski definition) is 4. The maximum Gasteiger partial charge on any atom is 0.258 e. The fraction of sp³-hybridized carbons (Fsp3) is 0.333. The standard InChI is InChI=1S/C12H11BrFN3O/c13-8-3-7(4-9(14)5-8)12-16-11(17-18-12)10(15)6-1-2-6/h3-6,10H,1-2,15H2. The van der Waals surface area contributed by atoms with Crippen LogP contribution in [0.3, 0.4) is 0 Å². The first-order valence-corrected chi connectivity index (χ1v) is 6.48. The molecule has 6 heteroatoms. The molecule has 4 nitrogen and oxygen atoms in total. The van der Waals surface area contributed by atoms with Gasteiger partial charge in [-0.1, -0.05) is 21.1 Å². The lowest BCUT2D eigenvalue weighted by Gasteiger charge is -2.01. The molecule has 1 aromatic carbocycles. The highest BCUT2D eigenvalue weighted by Crippen LogP contribution is 2.38. The molecule has 2 aromatic rings. The summed E-state index contributed by atoms with van der Waals surface area (Å²) in [5.74, 6) is 0.884. The highest BCUT2D eigenvalue weighted by molar-refractivity contribution is 9.10. The van der Waals surface area contributed by atoms with Gasteiger partial charge in [-0.05, 0) is 37.0 Å². The van der Waals surface area contributed by atoms with Crippen LogP contribution >= 0.6 is 15.9 Å². The second-order valence-electron chi connectivity index (χ2n) is 4.48. The summed E-state index contributed by atoms with van der Waals surface area (Å²) < 4.78 is 19.0. The van der Waals surface area contributed by atoms with Crippen LogP contribution in [0.4, 0.5) is 4.39 Å². The van der Waals surface area contributed by atoms with Crippen molar-refractivity contribution in [1.29, 1.82) is 0 Å². The molecule has 0 aliphatic heterocycles. The molecule has 1 saturated carbocycles. The Hall–Kier alpha value is -1.27. The van der Waals surface area contributed by atoms with Crippen LogP contribution in [0.1, 0.15) is 24.7 Å². The highest BCUT2D eigenvalue weighted by Gasteiger charge is 2.32. The highest BCUT2D eigenvalue weighted by atomic mass is 79.9. The Morgan fingerprint density at radius 2 is 2.17 bits per heavy atom. The largest absolute Gasteiger partial charge is 0.334 e. The molecule has 1 fully saturated rings. The molecule has 3 rings (SSSR count). The number of rotatable bonds is 3. The van der Waals surface area contributed by atoms with Crippen molar-refractivity contribution in [3.63, 3.8) is 0 Å². The van der Waals surface area contributed by atoms with E-state index in [2.05, 4.69) is 26.1 Å². The molecule has 1 heterocycles. The average Bonchev–Trinajstić information content (AvgIpc) is 3.04. The summed E-state index contributed by atoms with van der Waals surface area (Å²) in [6.45, 7) is 0. The zero-order valence-electron chi connectivity index (χ0n) is 9.44. The Morgan fingerprint density at radius 1 is 1.39 bits per heavy atom. The topological polar surface area (TPSA) is 64.9 Å².